The summed E-state index contributed by atoms with van der Waals surface area (Å²) in [7, 11) is 1.60. The second-order valence-corrected chi connectivity index (χ2v) is 3.23. The zero-order chi connectivity index (χ0) is 8.43. The van der Waals surface area contributed by atoms with Crippen LogP contribution in [-0.2, 0) is 9.47 Å². The van der Waals surface area contributed by atoms with Gasteiger partial charge in [0, 0.05) is 13.5 Å². The van der Waals surface area contributed by atoms with Crippen molar-refractivity contribution >= 4 is 0 Å². The van der Waals surface area contributed by atoms with Gasteiger partial charge >= 0.3 is 0 Å². The fraction of sp³-hybridized carbons (Fsp3) is 1.00. The second-order valence-electron chi connectivity index (χ2n) is 3.23. The fourth-order valence-electron chi connectivity index (χ4n) is 1.35. The Balaban J connectivity index is 2.27. The van der Waals surface area contributed by atoms with Crippen LogP contribution in [0.25, 0.3) is 0 Å². The molecule has 0 aromatic rings. The number of hydrogen-bond donors (Lipinski definition) is 1. The maximum absolute atomic E-state index is 9.19. The van der Waals surface area contributed by atoms with E-state index in [2.05, 4.69) is 0 Å². The van der Waals surface area contributed by atoms with E-state index < -0.39 is 0 Å². The molecule has 0 amide bonds. The van der Waals surface area contributed by atoms with E-state index in [1.807, 2.05) is 13.8 Å². The summed E-state index contributed by atoms with van der Waals surface area (Å²) < 4.78 is 10.5. The third-order valence-electron chi connectivity index (χ3n) is 1.94. The molecule has 3 unspecified atom stereocenters. The molecule has 0 heterocycles. The number of aliphatic hydroxyl groups excluding tert-OH is 1. The van der Waals surface area contributed by atoms with Gasteiger partial charge in [0.05, 0.1) is 18.3 Å². The zero-order valence-electron chi connectivity index (χ0n) is 7.28. The second kappa shape index (κ2) is 3.52. The van der Waals surface area contributed by atoms with E-state index in [1.165, 1.54) is 0 Å². The van der Waals surface area contributed by atoms with Crippen LogP contribution in [0.3, 0.4) is 0 Å². The summed E-state index contributed by atoms with van der Waals surface area (Å²) in [4.78, 5) is 0. The van der Waals surface area contributed by atoms with Crippen LogP contribution < -0.4 is 0 Å². The molecule has 0 bridgehead atoms. The monoisotopic (exact) mass is 160 g/mol. The van der Waals surface area contributed by atoms with Crippen molar-refractivity contribution in [2.75, 3.05) is 7.11 Å². The molecule has 0 aromatic carbocycles. The highest BCUT2D eigenvalue weighted by Gasteiger charge is 2.41. The molecule has 1 aliphatic rings. The average molecular weight is 160 g/mol. The molecule has 1 aliphatic carbocycles. The Morgan fingerprint density at radius 1 is 1.45 bits per heavy atom. The molecule has 11 heavy (non-hydrogen) atoms. The topological polar surface area (TPSA) is 38.7 Å². The van der Waals surface area contributed by atoms with Gasteiger partial charge in [-0.05, 0) is 13.8 Å². The lowest BCUT2D eigenvalue weighted by Crippen LogP contribution is -2.53. The molecule has 1 fully saturated rings. The van der Waals surface area contributed by atoms with Crippen molar-refractivity contribution < 1.29 is 14.6 Å². The number of hydrogen-bond acceptors (Lipinski definition) is 3. The maximum atomic E-state index is 9.19. The van der Waals surface area contributed by atoms with E-state index >= 15 is 0 Å². The van der Waals surface area contributed by atoms with E-state index in [-0.39, 0.29) is 24.4 Å². The molecule has 3 atom stereocenters. The van der Waals surface area contributed by atoms with E-state index in [4.69, 9.17) is 9.47 Å². The number of methoxy groups -OCH3 is 1. The minimum Gasteiger partial charge on any atom is -0.390 e. The predicted molar refractivity (Wildman–Crippen MR) is 41.4 cm³/mol. The summed E-state index contributed by atoms with van der Waals surface area (Å²) in [5.74, 6) is 0. The Kier molecular flexibility index (Phi) is 2.87. The maximum Gasteiger partial charge on any atom is 0.109 e. The summed E-state index contributed by atoms with van der Waals surface area (Å²) in [6.07, 6.45) is 0.567. The molecule has 1 saturated carbocycles. The first-order valence-electron chi connectivity index (χ1n) is 4.01. The number of rotatable bonds is 3. The SMILES string of the molecule is COC1C(O)CC1OC(C)C. The van der Waals surface area contributed by atoms with Crippen molar-refractivity contribution in [2.24, 2.45) is 0 Å². The van der Waals surface area contributed by atoms with E-state index in [1.54, 1.807) is 7.11 Å². The van der Waals surface area contributed by atoms with Crippen molar-refractivity contribution in [1.82, 2.24) is 0 Å². The Labute approximate surface area is 67.3 Å². The van der Waals surface area contributed by atoms with Crippen LogP contribution in [0, 0.1) is 0 Å². The Hall–Kier alpha value is -0.120. The molecule has 0 saturated heterocycles. The van der Waals surface area contributed by atoms with E-state index in [0.29, 0.717) is 6.42 Å². The van der Waals surface area contributed by atoms with Crippen LogP contribution in [0.15, 0.2) is 0 Å². The lowest BCUT2D eigenvalue weighted by molar-refractivity contribution is -0.193. The standard InChI is InChI=1S/C8H16O3/c1-5(2)11-7-4-6(9)8(7)10-3/h5-9H,4H2,1-3H3. The minimum atomic E-state index is -0.330. The number of aliphatic hydroxyl groups is 1. The molecular weight excluding hydrogens is 144 g/mol. The van der Waals surface area contributed by atoms with Crippen molar-refractivity contribution in [3.8, 4) is 0 Å². The molecule has 0 aliphatic heterocycles. The molecule has 1 rings (SSSR count). The molecule has 0 radical (unpaired) electrons. The lowest BCUT2D eigenvalue weighted by Gasteiger charge is -2.40. The van der Waals surface area contributed by atoms with Gasteiger partial charge in [-0.1, -0.05) is 0 Å². The summed E-state index contributed by atoms with van der Waals surface area (Å²) in [6, 6.07) is 0. The van der Waals surface area contributed by atoms with Crippen molar-refractivity contribution in [3.05, 3.63) is 0 Å². The first kappa shape index (κ1) is 8.97. The van der Waals surface area contributed by atoms with Gasteiger partial charge in [0.25, 0.3) is 0 Å². The third kappa shape index (κ3) is 1.92. The molecular formula is C8H16O3. The highest BCUT2D eigenvalue weighted by molar-refractivity contribution is 4.91. The fourth-order valence-corrected chi connectivity index (χ4v) is 1.35. The van der Waals surface area contributed by atoms with Gasteiger partial charge in [-0.25, -0.2) is 0 Å². The highest BCUT2D eigenvalue weighted by atomic mass is 16.6. The average Bonchev–Trinajstić information content (AvgIpc) is 1.86. The zero-order valence-corrected chi connectivity index (χ0v) is 7.28. The highest BCUT2D eigenvalue weighted by Crippen LogP contribution is 2.27. The first-order valence-corrected chi connectivity index (χ1v) is 4.01. The Morgan fingerprint density at radius 2 is 2.09 bits per heavy atom. The van der Waals surface area contributed by atoms with Crippen molar-refractivity contribution in [3.63, 3.8) is 0 Å². The van der Waals surface area contributed by atoms with Gasteiger partial charge in [-0.3, -0.25) is 0 Å². The van der Waals surface area contributed by atoms with Crippen molar-refractivity contribution in [1.29, 1.82) is 0 Å². The van der Waals surface area contributed by atoms with Crippen LogP contribution in [0.4, 0.5) is 0 Å². The first-order chi connectivity index (χ1) is 5.15. The Morgan fingerprint density at radius 3 is 2.45 bits per heavy atom. The predicted octanol–water partition coefficient (Wildman–Crippen LogP) is 0.560. The molecule has 66 valence electrons. The lowest BCUT2D eigenvalue weighted by atomic mass is 9.88. The van der Waals surface area contributed by atoms with Gasteiger partial charge in [0.15, 0.2) is 0 Å². The smallest absolute Gasteiger partial charge is 0.109 e. The minimum absolute atomic E-state index is 0.0926. The van der Waals surface area contributed by atoms with E-state index in [9.17, 15) is 5.11 Å². The summed E-state index contributed by atoms with van der Waals surface area (Å²) >= 11 is 0. The molecule has 1 N–H and O–H groups in total. The molecule has 3 heteroatoms. The third-order valence-corrected chi connectivity index (χ3v) is 1.94. The van der Waals surface area contributed by atoms with Gasteiger partial charge in [-0.15, -0.1) is 0 Å². The van der Waals surface area contributed by atoms with Crippen LogP contribution in [0.1, 0.15) is 20.3 Å². The van der Waals surface area contributed by atoms with Gasteiger partial charge in [0.1, 0.15) is 6.10 Å². The normalized spacial score (nSPS) is 37.4. The van der Waals surface area contributed by atoms with Crippen LogP contribution >= 0.6 is 0 Å². The van der Waals surface area contributed by atoms with Gasteiger partial charge in [0.2, 0.25) is 0 Å². The van der Waals surface area contributed by atoms with Crippen LogP contribution in [0.2, 0.25) is 0 Å². The quantitative estimate of drug-likeness (QED) is 0.655. The van der Waals surface area contributed by atoms with Gasteiger partial charge in [-0.2, -0.15) is 0 Å². The number of ether oxygens (including phenoxy) is 2. The largest absolute Gasteiger partial charge is 0.390 e. The molecule has 0 spiro atoms. The summed E-state index contributed by atoms with van der Waals surface area (Å²) in [5, 5.41) is 9.19. The van der Waals surface area contributed by atoms with Gasteiger partial charge < -0.3 is 14.6 Å². The summed E-state index contributed by atoms with van der Waals surface area (Å²) in [6.45, 7) is 3.97. The van der Waals surface area contributed by atoms with E-state index in [0.717, 1.165) is 0 Å². The molecule has 3 nitrogen and oxygen atoms in total. The summed E-state index contributed by atoms with van der Waals surface area (Å²) in [5.41, 5.74) is 0. The molecule has 0 aromatic heterocycles. The van der Waals surface area contributed by atoms with Crippen LogP contribution in [0.5, 0.6) is 0 Å². The van der Waals surface area contributed by atoms with Crippen molar-refractivity contribution in [2.45, 2.75) is 44.7 Å². The van der Waals surface area contributed by atoms with Crippen LogP contribution in [-0.4, -0.2) is 36.6 Å². The Bertz CT molecular complexity index is 125.